The fraction of sp³-hybridized carbons (Fsp3) is 0.500. The molecule has 0 bridgehead atoms. The first kappa shape index (κ1) is 14.2. The smallest absolute Gasteiger partial charge is 0.243 e. The summed E-state index contributed by atoms with van der Waals surface area (Å²) in [7, 11) is -3.66. The first-order chi connectivity index (χ1) is 7.36. The molecule has 0 aliphatic heterocycles. The zero-order valence-corrected chi connectivity index (χ0v) is 11.5. The maximum Gasteiger partial charge on any atom is 0.243 e. The molecular weight excluding hydrogens is 293 g/mol. The molecule has 0 saturated carbocycles. The number of hydrogen-bond donors (Lipinski definition) is 2. The van der Waals surface area contributed by atoms with E-state index in [1.807, 2.05) is 0 Å². The summed E-state index contributed by atoms with van der Waals surface area (Å²) in [4.78, 5) is -0.0195. The van der Waals surface area contributed by atoms with Crippen molar-refractivity contribution >= 4 is 44.6 Å². The molecule has 16 heavy (non-hydrogen) atoms. The fourth-order valence-electron chi connectivity index (χ4n) is 1.09. The van der Waals surface area contributed by atoms with Gasteiger partial charge in [-0.2, -0.15) is 0 Å². The fourth-order valence-corrected chi connectivity index (χ4v) is 4.52. The summed E-state index contributed by atoms with van der Waals surface area (Å²) >= 11 is 12.4. The van der Waals surface area contributed by atoms with Gasteiger partial charge < -0.3 is 5.11 Å². The number of aliphatic hydroxyl groups excluding tert-OH is 1. The summed E-state index contributed by atoms with van der Waals surface area (Å²) in [6.07, 6.45) is 0.342. The molecule has 0 amide bonds. The predicted octanol–water partition coefficient (Wildman–Crippen LogP) is 2.10. The second kappa shape index (κ2) is 5.66. The lowest BCUT2D eigenvalue weighted by molar-refractivity contribution is 0.275. The molecule has 8 heteroatoms. The van der Waals surface area contributed by atoms with Gasteiger partial charge in [-0.3, -0.25) is 0 Å². The largest absolute Gasteiger partial charge is 0.396 e. The van der Waals surface area contributed by atoms with Crippen LogP contribution in [0, 0.1) is 0 Å². The summed E-state index contributed by atoms with van der Waals surface area (Å²) in [5.41, 5.74) is 0. The Morgan fingerprint density at radius 3 is 2.62 bits per heavy atom. The van der Waals surface area contributed by atoms with Crippen LogP contribution < -0.4 is 4.72 Å². The Balaban J connectivity index is 2.90. The van der Waals surface area contributed by atoms with Gasteiger partial charge in [-0.1, -0.05) is 23.2 Å². The Hall–Kier alpha value is 0.150. The van der Waals surface area contributed by atoms with Crippen molar-refractivity contribution in [3.8, 4) is 0 Å². The van der Waals surface area contributed by atoms with E-state index in [1.165, 1.54) is 6.07 Å². The van der Waals surface area contributed by atoms with Crippen LogP contribution in [0.5, 0.6) is 0 Å². The highest BCUT2D eigenvalue weighted by Crippen LogP contribution is 2.34. The van der Waals surface area contributed by atoms with Gasteiger partial charge >= 0.3 is 0 Å². The summed E-state index contributed by atoms with van der Waals surface area (Å²) in [6.45, 7) is 1.58. The number of halogens is 2. The molecule has 1 aromatic heterocycles. The number of aliphatic hydroxyl groups is 1. The molecule has 0 spiro atoms. The van der Waals surface area contributed by atoms with Crippen LogP contribution in [0.3, 0.4) is 0 Å². The molecule has 2 N–H and O–H groups in total. The molecule has 1 aromatic rings. The quantitative estimate of drug-likeness (QED) is 0.875. The predicted molar refractivity (Wildman–Crippen MR) is 65.8 cm³/mol. The van der Waals surface area contributed by atoms with E-state index in [4.69, 9.17) is 28.3 Å². The van der Waals surface area contributed by atoms with E-state index >= 15 is 0 Å². The van der Waals surface area contributed by atoms with Gasteiger partial charge in [0.2, 0.25) is 10.0 Å². The standard InChI is InChI=1S/C8H11Cl2NO3S2/c1-5(2-3-12)11-16(13,14)6-4-7(9)15-8(6)10/h4-5,11-12H,2-3H2,1H3. The molecule has 0 radical (unpaired) electrons. The van der Waals surface area contributed by atoms with Gasteiger partial charge in [-0.05, 0) is 19.4 Å². The molecule has 0 aliphatic carbocycles. The van der Waals surface area contributed by atoms with Crippen LogP contribution in [0.4, 0.5) is 0 Å². The normalized spacial score (nSPS) is 14.0. The van der Waals surface area contributed by atoms with Crippen LogP contribution in [0.15, 0.2) is 11.0 Å². The first-order valence-corrected chi connectivity index (χ1v) is 7.50. The van der Waals surface area contributed by atoms with Gasteiger partial charge in [0.15, 0.2) is 0 Å². The highest BCUT2D eigenvalue weighted by atomic mass is 35.5. The van der Waals surface area contributed by atoms with Crippen molar-refractivity contribution in [2.75, 3.05) is 6.61 Å². The van der Waals surface area contributed by atoms with Crippen LogP contribution in [0.1, 0.15) is 13.3 Å². The van der Waals surface area contributed by atoms with Crippen molar-refractivity contribution in [1.82, 2.24) is 4.72 Å². The minimum atomic E-state index is -3.66. The Kier molecular flexibility index (Phi) is 5.03. The Morgan fingerprint density at radius 2 is 2.19 bits per heavy atom. The van der Waals surface area contributed by atoms with Crippen molar-refractivity contribution in [1.29, 1.82) is 0 Å². The summed E-state index contributed by atoms with van der Waals surface area (Å²) in [5, 5.41) is 8.68. The highest BCUT2D eigenvalue weighted by molar-refractivity contribution is 7.89. The van der Waals surface area contributed by atoms with Crippen LogP contribution in [-0.2, 0) is 10.0 Å². The molecule has 1 atom stereocenters. The molecule has 1 unspecified atom stereocenters. The van der Waals surface area contributed by atoms with Crippen LogP contribution in [0.25, 0.3) is 0 Å². The van der Waals surface area contributed by atoms with E-state index < -0.39 is 10.0 Å². The number of rotatable bonds is 5. The van der Waals surface area contributed by atoms with Gasteiger partial charge in [-0.15, -0.1) is 11.3 Å². The van der Waals surface area contributed by atoms with Crippen molar-refractivity contribution in [2.45, 2.75) is 24.3 Å². The summed E-state index contributed by atoms with van der Waals surface area (Å²) in [5.74, 6) is 0. The lowest BCUT2D eigenvalue weighted by Gasteiger charge is -2.12. The Labute approximate surface area is 108 Å². The van der Waals surface area contributed by atoms with E-state index in [-0.39, 0.29) is 21.9 Å². The van der Waals surface area contributed by atoms with E-state index in [2.05, 4.69) is 4.72 Å². The average molecular weight is 304 g/mol. The van der Waals surface area contributed by atoms with E-state index in [1.54, 1.807) is 6.92 Å². The van der Waals surface area contributed by atoms with Crippen LogP contribution in [-0.4, -0.2) is 26.2 Å². The number of nitrogens with one attached hydrogen (secondary N) is 1. The minimum Gasteiger partial charge on any atom is -0.396 e. The zero-order chi connectivity index (χ0) is 12.3. The lowest BCUT2D eigenvalue weighted by atomic mass is 10.3. The molecular formula is C8H11Cl2NO3S2. The van der Waals surface area contributed by atoms with Gasteiger partial charge in [0, 0.05) is 12.6 Å². The molecule has 4 nitrogen and oxygen atoms in total. The first-order valence-electron chi connectivity index (χ1n) is 4.45. The third kappa shape index (κ3) is 3.58. The number of hydrogen-bond acceptors (Lipinski definition) is 4. The molecule has 1 heterocycles. The third-order valence-electron chi connectivity index (χ3n) is 1.83. The maximum absolute atomic E-state index is 11.8. The van der Waals surface area contributed by atoms with Crippen LogP contribution in [0.2, 0.25) is 8.67 Å². The average Bonchev–Trinajstić information content (AvgIpc) is 2.45. The summed E-state index contributed by atoms with van der Waals surface area (Å²) < 4.78 is 26.5. The molecule has 1 rings (SSSR count). The topological polar surface area (TPSA) is 66.4 Å². The lowest BCUT2D eigenvalue weighted by Crippen LogP contribution is -2.33. The number of sulfonamides is 1. The Morgan fingerprint density at radius 1 is 1.56 bits per heavy atom. The van der Waals surface area contributed by atoms with Crippen molar-refractivity contribution in [3.05, 3.63) is 14.7 Å². The zero-order valence-electron chi connectivity index (χ0n) is 8.41. The van der Waals surface area contributed by atoms with Crippen molar-refractivity contribution in [3.63, 3.8) is 0 Å². The summed E-state index contributed by atoms with van der Waals surface area (Å²) in [6, 6.07) is 0.951. The third-order valence-corrected chi connectivity index (χ3v) is 5.18. The SMILES string of the molecule is CC(CCO)NS(=O)(=O)c1cc(Cl)sc1Cl. The van der Waals surface area contributed by atoms with Crippen LogP contribution >= 0.6 is 34.5 Å². The van der Waals surface area contributed by atoms with E-state index in [0.29, 0.717) is 10.8 Å². The highest BCUT2D eigenvalue weighted by Gasteiger charge is 2.22. The molecule has 0 aliphatic rings. The van der Waals surface area contributed by atoms with E-state index in [0.717, 1.165) is 11.3 Å². The molecule has 0 fully saturated rings. The second-order valence-corrected chi connectivity index (χ2v) is 7.19. The van der Waals surface area contributed by atoms with Crippen molar-refractivity contribution < 1.29 is 13.5 Å². The molecule has 0 aromatic carbocycles. The monoisotopic (exact) mass is 303 g/mol. The maximum atomic E-state index is 11.8. The van der Waals surface area contributed by atoms with Crippen molar-refractivity contribution in [2.24, 2.45) is 0 Å². The van der Waals surface area contributed by atoms with E-state index in [9.17, 15) is 8.42 Å². The Bertz CT molecular complexity index is 458. The van der Waals surface area contributed by atoms with Gasteiger partial charge in [0.1, 0.15) is 9.23 Å². The minimum absolute atomic E-state index is 0.0195. The van der Waals surface area contributed by atoms with Gasteiger partial charge in [0.25, 0.3) is 0 Å². The second-order valence-electron chi connectivity index (χ2n) is 3.22. The number of thiophene rings is 1. The molecule has 92 valence electrons. The molecule has 0 saturated heterocycles. The van der Waals surface area contributed by atoms with Gasteiger partial charge in [-0.25, -0.2) is 13.1 Å². The van der Waals surface area contributed by atoms with Gasteiger partial charge in [0.05, 0.1) is 4.34 Å².